The van der Waals surface area contributed by atoms with Gasteiger partial charge in [-0.2, -0.15) is 0 Å². The Hall–Kier alpha value is -0.130. The molecule has 108 valence electrons. The number of ether oxygens (including phenoxy) is 1. The summed E-state index contributed by atoms with van der Waals surface area (Å²) in [7, 11) is -3.15. The summed E-state index contributed by atoms with van der Waals surface area (Å²) in [5.41, 5.74) is 5.80. The first-order valence-electron chi connectivity index (χ1n) is 5.49. The SMILES string of the molecule is CC1CN(C(N)=NCCNS(C)(=O)=O)CCO1.I. The second-order valence-corrected chi connectivity index (χ2v) is 5.87. The maximum absolute atomic E-state index is 10.8. The van der Waals surface area contributed by atoms with Gasteiger partial charge in [-0.1, -0.05) is 0 Å². The van der Waals surface area contributed by atoms with Crippen LogP contribution >= 0.6 is 24.0 Å². The quantitative estimate of drug-likeness (QED) is 0.282. The van der Waals surface area contributed by atoms with E-state index in [0.717, 1.165) is 19.3 Å². The Morgan fingerprint density at radius 2 is 2.28 bits per heavy atom. The Kier molecular flexibility index (Phi) is 8.06. The van der Waals surface area contributed by atoms with E-state index in [0.29, 0.717) is 19.1 Å². The summed E-state index contributed by atoms with van der Waals surface area (Å²) in [4.78, 5) is 6.06. The summed E-state index contributed by atoms with van der Waals surface area (Å²) in [6, 6.07) is 0. The first kappa shape index (κ1) is 17.9. The molecule has 0 aromatic heterocycles. The molecule has 7 nitrogen and oxygen atoms in total. The van der Waals surface area contributed by atoms with Gasteiger partial charge in [0.2, 0.25) is 10.0 Å². The van der Waals surface area contributed by atoms with Gasteiger partial charge >= 0.3 is 0 Å². The first-order valence-corrected chi connectivity index (χ1v) is 7.39. The summed E-state index contributed by atoms with van der Waals surface area (Å²) in [6.07, 6.45) is 1.26. The third-order valence-electron chi connectivity index (χ3n) is 2.31. The van der Waals surface area contributed by atoms with Crippen LogP contribution in [0.3, 0.4) is 0 Å². The lowest BCUT2D eigenvalue weighted by molar-refractivity contribution is 0.00530. The molecule has 1 heterocycles. The number of halogens is 1. The number of hydrogen-bond donors (Lipinski definition) is 2. The molecule has 1 fully saturated rings. The van der Waals surface area contributed by atoms with Gasteiger partial charge in [-0.15, -0.1) is 24.0 Å². The van der Waals surface area contributed by atoms with Crippen LogP contribution in [0.4, 0.5) is 0 Å². The molecule has 1 atom stereocenters. The Labute approximate surface area is 125 Å². The van der Waals surface area contributed by atoms with Crippen LogP contribution in [-0.2, 0) is 14.8 Å². The molecule has 1 aliphatic heterocycles. The lowest BCUT2D eigenvalue weighted by Gasteiger charge is -2.31. The van der Waals surface area contributed by atoms with E-state index >= 15 is 0 Å². The minimum atomic E-state index is -3.15. The molecule has 0 aromatic carbocycles. The van der Waals surface area contributed by atoms with Crippen LogP contribution in [0.5, 0.6) is 0 Å². The molecule has 0 aromatic rings. The highest BCUT2D eigenvalue weighted by molar-refractivity contribution is 14.0. The molecule has 1 unspecified atom stereocenters. The van der Waals surface area contributed by atoms with E-state index in [1.54, 1.807) is 0 Å². The van der Waals surface area contributed by atoms with Crippen molar-refractivity contribution in [1.82, 2.24) is 9.62 Å². The van der Waals surface area contributed by atoms with Gasteiger partial charge in [0.15, 0.2) is 5.96 Å². The maximum atomic E-state index is 10.8. The number of sulfonamides is 1. The molecule has 0 saturated carbocycles. The molecule has 0 spiro atoms. The number of rotatable bonds is 4. The van der Waals surface area contributed by atoms with Crippen molar-refractivity contribution in [1.29, 1.82) is 0 Å². The third kappa shape index (κ3) is 7.34. The predicted molar refractivity (Wildman–Crippen MR) is 81.7 cm³/mol. The van der Waals surface area contributed by atoms with Crippen LogP contribution in [0.25, 0.3) is 0 Å². The van der Waals surface area contributed by atoms with Gasteiger partial charge in [0.1, 0.15) is 0 Å². The van der Waals surface area contributed by atoms with Gasteiger partial charge in [-0.05, 0) is 6.92 Å². The van der Waals surface area contributed by atoms with Crippen molar-refractivity contribution in [3.8, 4) is 0 Å². The van der Waals surface area contributed by atoms with Crippen molar-refractivity contribution in [2.45, 2.75) is 13.0 Å². The molecule has 18 heavy (non-hydrogen) atoms. The van der Waals surface area contributed by atoms with Gasteiger partial charge in [0, 0.05) is 19.6 Å². The zero-order valence-electron chi connectivity index (χ0n) is 10.6. The standard InChI is InChI=1S/C9H20N4O3S.HI/c1-8-7-13(5-6-16-8)9(10)11-3-4-12-17(2,14)15;/h8,12H,3-7H2,1-2H3,(H2,10,11);1H. The molecule has 1 saturated heterocycles. The second-order valence-electron chi connectivity index (χ2n) is 4.03. The van der Waals surface area contributed by atoms with E-state index < -0.39 is 10.0 Å². The molecular weight excluding hydrogens is 371 g/mol. The van der Waals surface area contributed by atoms with Crippen molar-refractivity contribution >= 4 is 40.0 Å². The van der Waals surface area contributed by atoms with Crippen LogP contribution in [0, 0.1) is 0 Å². The normalized spacial score (nSPS) is 21.6. The molecule has 0 aliphatic carbocycles. The highest BCUT2D eigenvalue weighted by Gasteiger charge is 2.17. The Morgan fingerprint density at radius 3 is 2.83 bits per heavy atom. The van der Waals surface area contributed by atoms with Crippen molar-refractivity contribution in [2.24, 2.45) is 10.7 Å². The van der Waals surface area contributed by atoms with Gasteiger partial charge in [0.05, 0.1) is 25.5 Å². The fourth-order valence-electron chi connectivity index (χ4n) is 1.53. The van der Waals surface area contributed by atoms with Crippen LogP contribution < -0.4 is 10.5 Å². The highest BCUT2D eigenvalue weighted by Crippen LogP contribution is 2.03. The van der Waals surface area contributed by atoms with E-state index in [1.165, 1.54) is 0 Å². The fourth-order valence-corrected chi connectivity index (χ4v) is 1.99. The number of guanidine groups is 1. The van der Waals surface area contributed by atoms with Crippen molar-refractivity contribution in [3.63, 3.8) is 0 Å². The largest absolute Gasteiger partial charge is 0.375 e. The van der Waals surface area contributed by atoms with Gasteiger partial charge in [0.25, 0.3) is 0 Å². The first-order chi connectivity index (χ1) is 7.88. The molecule has 1 rings (SSSR count). The van der Waals surface area contributed by atoms with Crippen LogP contribution in [0.1, 0.15) is 6.92 Å². The molecule has 0 radical (unpaired) electrons. The number of aliphatic imine (C=N–C) groups is 1. The topological polar surface area (TPSA) is 97.0 Å². The molecule has 1 aliphatic rings. The molecule has 0 amide bonds. The van der Waals surface area contributed by atoms with E-state index in [-0.39, 0.29) is 36.6 Å². The maximum Gasteiger partial charge on any atom is 0.208 e. The fraction of sp³-hybridized carbons (Fsp3) is 0.889. The highest BCUT2D eigenvalue weighted by atomic mass is 127. The summed E-state index contributed by atoms with van der Waals surface area (Å²) in [5, 5.41) is 0. The predicted octanol–water partition coefficient (Wildman–Crippen LogP) is -0.811. The Bertz CT molecular complexity index is 374. The molecule has 0 bridgehead atoms. The average Bonchev–Trinajstić information content (AvgIpc) is 2.23. The second kappa shape index (κ2) is 8.12. The summed E-state index contributed by atoms with van der Waals surface area (Å²) in [5.74, 6) is 0.440. The number of hydrogen-bond acceptors (Lipinski definition) is 4. The van der Waals surface area contributed by atoms with Gasteiger partial charge in [-0.3, -0.25) is 4.99 Å². The van der Waals surface area contributed by atoms with E-state index in [9.17, 15) is 8.42 Å². The number of nitrogens with one attached hydrogen (secondary N) is 1. The molecule has 9 heteroatoms. The van der Waals surface area contributed by atoms with Crippen molar-refractivity contribution in [2.75, 3.05) is 39.0 Å². The summed E-state index contributed by atoms with van der Waals surface area (Å²) >= 11 is 0. The Morgan fingerprint density at radius 1 is 1.61 bits per heavy atom. The Balaban J connectivity index is 0.00000289. The van der Waals surface area contributed by atoms with E-state index in [4.69, 9.17) is 10.5 Å². The van der Waals surface area contributed by atoms with Crippen LogP contribution in [0.2, 0.25) is 0 Å². The molecule has 3 N–H and O–H groups in total. The van der Waals surface area contributed by atoms with Gasteiger partial charge in [-0.25, -0.2) is 13.1 Å². The van der Waals surface area contributed by atoms with Crippen LogP contribution in [-0.4, -0.2) is 64.4 Å². The lowest BCUT2D eigenvalue weighted by Crippen LogP contribution is -2.48. The van der Waals surface area contributed by atoms with Gasteiger partial charge < -0.3 is 15.4 Å². The summed E-state index contributed by atoms with van der Waals surface area (Å²) in [6.45, 7) is 4.65. The smallest absolute Gasteiger partial charge is 0.208 e. The zero-order valence-corrected chi connectivity index (χ0v) is 13.8. The zero-order chi connectivity index (χ0) is 12.9. The van der Waals surface area contributed by atoms with Crippen molar-refractivity contribution < 1.29 is 13.2 Å². The molecular formula is C9H21IN4O3S. The monoisotopic (exact) mass is 392 g/mol. The number of morpholine rings is 1. The lowest BCUT2D eigenvalue weighted by atomic mass is 10.3. The van der Waals surface area contributed by atoms with E-state index in [1.807, 2.05) is 11.8 Å². The van der Waals surface area contributed by atoms with Crippen molar-refractivity contribution in [3.05, 3.63) is 0 Å². The minimum absolute atomic E-state index is 0. The minimum Gasteiger partial charge on any atom is -0.375 e. The summed E-state index contributed by atoms with van der Waals surface area (Å²) < 4.78 is 29.3. The number of nitrogens with zero attached hydrogens (tertiary/aromatic N) is 2. The number of nitrogens with two attached hydrogens (primary N) is 1. The average molecular weight is 392 g/mol. The van der Waals surface area contributed by atoms with E-state index in [2.05, 4.69) is 9.71 Å². The third-order valence-corrected chi connectivity index (χ3v) is 3.04. The van der Waals surface area contributed by atoms with Crippen LogP contribution in [0.15, 0.2) is 4.99 Å².